The number of hydrogen-bond donors (Lipinski definition) is 0. The highest BCUT2D eigenvalue weighted by Crippen LogP contribution is 2.24. The van der Waals surface area contributed by atoms with Crippen molar-refractivity contribution in [2.75, 3.05) is 20.2 Å². The van der Waals surface area contributed by atoms with Gasteiger partial charge < -0.3 is 14.2 Å². The zero-order valence-electron chi connectivity index (χ0n) is 15.1. The second-order valence-electron chi connectivity index (χ2n) is 5.56. The zero-order valence-corrected chi connectivity index (χ0v) is 15.9. The first kappa shape index (κ1) is 20.2. The summed E-state index contributed by atoms with van der Waals surface area (Å²) >= 11 is 5.84. The molecule has 0 radical (unpaired) electrons. The third-order valence-corrected chi connectivity index (χ3v) is 4.30. The van der Waals surface area contributed by atoms with E-state index < -0.39 is 11.3 Å². The van der Waals surface area contributed by atoms with Gasteiger partial charge in [-0.2, -0.15) is 0 Å². The van der Waals surface area contributed by atoms with Gasteiger partial charge in [0.2, 0.25) is 5.91 Å². The number of methoxy groups -OCH3 is 1. The molecule has 0 saturated heterocycles. The molecule has 0 spiro atoms. The van der Waals surface area contributed by atoms with E-state index in [1.807, 2.05) is 6.92 Å². The van der Waals surface area contributed by atoms with Gasteiger partial charge in [0, 0.05) is 24.3 Å². The van der Waals surface area contributed by atoms with E-state index in [9.17, 15) is 14.4 Å². The highest BCUT2D eigenvalue weighted by Gasteiger charge is 2.28. The van der Waals surface area contributed by atoms with Crippen molar-refractivity contribution in [1.29, 1.82) is 0 Å². The SMILES string of the molecule is CCN(CC(=O)c1c(C)c(C(=O)OC)n(CC)c1C)C(=O)[C@@H](C)Cl. The fraction of sp³-hybridized carbons (Fsp3) is 0.588. The number of carbonyl (C=O) groups excluding carboxylic acids is 3. The molecular formula is C17H25ClN2O4. The molecule has 7 heteroatoms. The van der Waals surface area contributed by atoms with Crippen LogP contribution in [-0.4, -0.2) is 52.7 Å². The van der Waals surface area contributed by atoms with E-state index in [1.165, 1.54) is 12.0 Å². The molecule has 0 N–H and O–H groups in total. The van der Waals surface area contributed by atoms with Crippen molar-refractivity contribution in [2.45, 2.75) is 46.5 Å². The fourth-order valence-electron chi connectivity index (χ4n) is 2.91. The fourth-order valence-corrected chi connectivity index (χ4v) is 3.05. The van der Waals surface area contributed by atoms with Crippen LogP contribution in [-0.2, 0) is 16.1 Å². The van der Waals surface area contributed by atoms with Crippen molar-refractivity contribution >= 4 is 29.3 Å². The summed E-state index contributed by atoms with van der Waals surface area (Å²) in [5.74, 6) is -0.977. The van der Waals surface area contributed by atoms with Gasteiger partial charge in [-0.25, -0.2) is 4.79 Å². The Bertz CT molecular complexity index is 650. The maximum Gasteiger partial charge on any atom is 0.354 e. The number of halogens is 1. The molecule has 1 amide bonds. The number of esters is 1. The second-order valence-corrected chi connectivity index (χ2v) is 6.22. The van der Waals surface area contributed by atoms with Crippen LogP contribution in [0, 0.1) is 13.8 Å². The van der Waals surface area contributed by atoms with Crippen molar-refractivity contribution in [3.8, 4) is 0 Å². The number of aromatic nitrogens is 1. The van der Waals surface area contributed by atoms with Crippen LogP contribution >= 0.6 is 11.6 Å². The van der Waals surface area contributed by atoms with Gasteiger partial charge in [0.05, 0.1) is 13.7 Å². The maximum absolute atomic E-state index is 12.8. The van der Waals surface area contributed by atoms with Crippen LogP contribution in [0.25, 0.3) is 0 Å². The van der Waals surface area contributed by atoms with Crippen LogP contribution in [0.4, 0.5) is 0 Å². The van der Waals surface area contributed by atoms with Gasteiger partial charge in [-0.05, 0) is 40.2 Å². The molecule has 1 rings (SSSR count). The van der Waals surface area contributed by atoms with E-state index in [4.69, 9.17) is 16.3 Å². The van der Waals surface area contributed by atoms with Crippen LogP contribution in [0.3, 0.4) is 0 Å². The summed E-state index contributed by atoms with van der Waals surface area (Å²) in [4.78, 5) is 38.3. The number of nitrogens with zero attached hydrogens (tertiary/aromatic N) is 2. The summed E-state index contributed by atoms with van der Waals surface area (Å²) in [6.07, 6.45) is 0. The van der Waals surface area contributed by atoms with E-state index in [1.54, 1.807) is 32.3 Å². The number of ketones is 1. The lowest BCUT2D eigenvalue weighted by atomic mass is 10.1. The Morgan fingerprint density at radius 2 is 1.83 bits per heavy atom. The van der Waals surface area contributed by atoms with Gasteiger partial charge in [0.25, 0.3) is 0 Å². The lowest BCUT2D eigenvalue weighted by Gasteiger charge is -2.21. The van der Waals surface area contributed by atoms with E-state index in [0.717, 1.165) is 0 Å². The van der Waals surface area contributed by atoms with E-state index in [2.05, 4.69) is 0 Å². The number of ether oxygens (including phenoxy) is 1. The first-order valence-corrected chi connectivity index (χ1v) is 8.38. The van der Waals surface area contributed by atoms with Gasteiger partial charge in [0.15, 0.2) is 5.78 Å². The normalized spacial score (nSPS) is 12.0. The summed E-state index contributed by atoms with van der Waals surface area (Å²) in [5, 5.41) is -0.689. The quantitative estimate of drug-likeness (QED) is 0.428. The summed E-state index contributed by atoms with van der Waals surface area (Å²) in [7, 11) is 1.31. The minimum Gasteiger partial charge on any atom is -0.464 e. The van der Waals surface area contributed by atoms with Crippen molar-refractivity contribution in [1.82, 2.24) is 9.47 Å². The third kappa shape index (κ3) is 3.80. The van der Waals surface area contributed by atoms with Crippen LogP contribution in [0.1, 0.15) is 52.9 Å². The van der Waals surface area contributed by atoms with Crippen molar-refractivity contribution in [3.63, 3.8) is 0 Å². The number of Topliss-reactive ketones (excluding diaryl/α,β-unsaturated/α-hetero) is 1. The second kappa shape index (κ2) is 8.33. The number of rotatable bonds is 7. The van der Waals surface area contributed by atoms with Gasteiger partial charge in [-0.15, -0.1) is 11.6 Å². The number of amides is 1. The highest BCUT2D eigenvalue weighted by molar-refractivity contribution is 6.30. The number of likely N-dealkylation sites (N-methyl/N-ethyl adjacent to an activating group) is 1. The first-order valence-electron chi connectivity index (χ1n) is 7.95. The molecule has 0 unspecified atom stereocenters. The number of carbonyl (C=O) groups is 3. The van der Waals surface area contributed by atoms with Crippen LogP contribution in [0.2, 0.25) is 0 Å². The Morgan fingerprint density at radius 3 is 2.25 bits per heavy atom. The summed E-state index contributed by atoms with van der Waals surface area (Å²) < 4.78 is 6.59. The third-order valence-electron chi connectivity index (χ3n) is 4.11. The Morgan fingerprint density at radius 1 is 1.25 bits per heavy atom. The molecule has 1 atom stereocenters. The summed E-state index contributed by atoms with van der Waals surface area (Å²) in [5.41, 5.74) is 2.11. The molecule has 0 fully saturated rings. The Balaban J connectivity index is 3.27. The molecule has 1 heterocycles. The average molecular weight is 357 g/mol. The van der Waals surface area contributed by atoms with Gasteiger partial charge in [0.1, 0.15) is 11.1 Å². The number of alkyl halides is 1. The topological polar surface area (TPSA) is 68.6 Å². The minimum absolute atomic E-state index is 0.0671. The largest absolute Gasteiger partial charge is 0.464 e. The van der Waals surface area contributed by atoms with Gasteiger partial charge in [-0.3, -0.25) is 9.59 Å². The minimum atomic E-state index is -0.689. The van der Waals surface area contributed by atoms with E-state index in [-0.39, 0.29) is 18.2 Å². The van der Waals surface area contributed by atoms with E-state index in [0.29, 0.717) is 35.6 Å². The maximum atomic E-state index is 12.8. The van der Waals surface area contributed by atoms with Crippen molar-refractivity contribution < 1.29 is 19.1 Å². The van der Waals surface area contributed by atoms with Gasteiger partial charge >= 0.3 is 5.97 Å². The molecule has 0 aliphatic rings. The average Bonchev–Trinajstić information content (AvgIpc) is 2.80. The molecule has 0 aromatic carbocycles. The van der Waals surface area contributed by atoms with E-state index >= 15 is 0 Å². The predicted molar refractivity (Wildman–Crippen MR) is 92.8 cm³/mol. The first-order chi connectivity index (χ1) is 11.2. The smallest absolute Gasteiger partial charge is 0.354 e. The summed E-state index contributed by atoms with van der Waals surface area (Å²) in [6.45, 7) is 9.64. The van der Waals surface area contributed by atoms with Crippen LogP contribution in [0.5, 0.6) is 0 Å². The highest BCUT2D eigenvalue weighted by atomic mass is 35.5. The van der Waals surface area contributed by atoms with Gasteiger partial charge in [-0.1, -0.05) is 0 Å². The lowest BCUT2D eigenvalue weighted by molar-refractivity contribution is -0.129. The predicted octanol–water partition coefficient (Wildman–Crippen LogP) is 2.57. The Hall–Kier alpha value is -1.82. The zero-order chi connectivity index (χ0) is 18.6. The number of hydrogen-bond acceptors (Lipinski definition) is 4. The molecular weight excluding hydrogens is 332 g/mol. The van der Waals surface area contributed by atoms with Crippen molar-refractivity contribution in [2.24, 2.45) is 0 Å². The molecule has 0 aliphatic heterocycles. The molecule has 0 saturated carbocycles. The molecule has 6 nitrogen and oxygen atoms in total. The molecule has 1 aromatic rings. The van der Waals surface area contributed by atoms with Crippen LogP contribution in [0.15, 0.2) is 0 Å². The van der Waals surface area contributed by atoms with Crippen LogP contribution < -0.4 is 0 Å². The molecule has 0 aliphatic carbocycles. The molecule has 1 aromatic heterocycles. The monoisotopic (exact) mass is 356 g/mol. The summed E-state index contributed by atoms with van der Waals surface area (Å²) in [6, 6.07) is 0. The Labute approximate surface area is 147 Å². The standard InChI is InChI=1S/C17H25ClN2O4/c1-7-19(16(22)11(4)18)9-13(21)14-10(3)15(17(23)24-6)20(8-2)12(14)5/h11H,7-9H2,1-6H3/t11-/m1/s1. The molecule has 0 bridgehead atoms. The Kier molecular flexibility index (Phi) is 7.02. The van der Waals surface area contributed by atoms with Crippen molar-refractivity contribution in [3.05, 3.63) is 22.5 Å². The molecule has 134 valence electrons. The molecule has 24 heavy (non-hydrogen) atoms. The lowest BCUT2D eigenvalue weighted by Crippen LogP contribution is -2.39.